The molecule has 1 aliphatic heterocycles. The molecule has 1 aliphatic rings. The van der Waals surface area contributed by atoms with Gasteiger partial charge in [0.2, 0.25) is 0 Å². The third-order valence-corrected chi connectivity index (χ3v) is 5.47. The number of morpholine rings is 1. The summed E-state index contributed by atoms with van der Waals surface area (Å²) in [5.41, 5.74) is 4.10. The zero-order chi connectivity index (χ0) is 18.8. The highest BCUT2D eigenvalue weighted by atomic mass is 16.5. The molecule has 26 heavy (non-hydrogen) atoms. The maximum atomic E-state index is 13.3. The van der Waals surface area contributed by atoms with Gasteiger partial charge in [-0.3, -0.25) is 4.79 Å². The number of aryl methyl sites for hydroxylation is 1. The number of aromatic amines is 1. The smallest absolute Gasteiger partial charge is 0.198 e. The fraction of sp³-hybridized carbons (Fsp3) is 0.571. The van der Waals surface area contributed by atoms with Crippen LogP contribution in [-0.2, 0) is 11.3 Å². The number of benzene rings is 1. The highest BCUT2D eigenvalue weighted by Gasteiger charge is 2.27. The fourth-order valence-electron chi connectivity index (χ4n) is 4.22. The lowest BCUT2D eigenvalue weighted by Crippen LogP contribution is -3.14. The number of ether oxygens (including phenoxy) is 1. The van der Waals surface area contributed by atoms with Gasteiger partial charge >= 0.3 is 0 Å². The van der Waals surface area contributed by atoms with E-state index < -0.39 is 0 Å². The number of H-pyrrole nitrogens is 1. The summed E-state index contributed by atoms with van der Waals surface area (Å²) in [6.45, 7) is 15.0. The molecule has 5 nitrogen and oxygen atoms in total. The lowest BCUT2D eigenvalue weighted by Gasteiger charge is -2.32. The standard InChI is InChI=1S/C21H31N3O2/c1-6-24(7-2)17-8-9-20-18(10-17)21(25)19(16(5)22-20)13-23-11-14(3)26-15(4)12-23/h8-10,14-15H,6-7,11-13H2,1-5H3,(H,22,25)/p+1/t14-,15-/m1/s1. The van der Waals surface area contributed by atoms with Crippen molar-refractivity contribution in [2.24, 2.45) is 0 Å². The minimum atomic E-state index is 0.171. The Hall–Kier alpha value is -1.85. The Balaban J connectivity index is 1.98. The number of nitrogens with one attached hydrogen (secondary N) is 2. The molecule has 0 radical (unpaired) electrons. The first-order valence-corrected chi connectivity index (χ1v) is 9.82. The number of nitrogens with zero attached hydrogens (tertiary/aromatic N) is 1. The number of aromatic nitrogens is 1. The molecule has 3 rings (SSSR count). The van der Waals surface area contributed by atoms with Gasteiger partial charge in [-0.05, 0) is 52.8 Å². The summed E-state index contributed by atoms with van der Waals surface area (Å²) in [5, 5.41) is 0.795. The van der Waals surface area contributed by atoms with Gasteiger partial charge in [-0.2, -0.15) is 0 Å². The van der Waals surface area contributed by atoms with E-state index in [1.807, 2.05) is 19.1 Å². The van der Waals surface area contributed by atoms with Crippen LogP contribution in [0.4, 0.5) is 5.69 Å². The maximum absolute atomic E-state index is 13.3. The molecule has 0 unspecified atom stereocenters. The van der Waals surface area contributed by atoms with Crippen molar-refractivity contribution in [3.8, 4) is 0 Å². The molecular formula is C21H32N3O2+. The number of quaternary nitrogens is 1. The maximum Gasteiger partial charge on any atom is 0.198 e. The second-order valence-electron chi connectivity index (χ2n) is 7.55. The first kappa shape index (κ1) is 18.9. The van der Waals surface area contributed by atoms with E-state index in [0.29, 0.717) is 0 Å². The molecule has 5 heteroatoms. The molecule has 1 aromatic heterocycles. The van der Waals surface area contributed by atoms with E-state index in [1.165, 1.54) is 4.90 Å². The van der Waals surface area contributed by atoms with Crippen molar-refractivity contribution in [1.29, 1.82) is 0 Å². The van der Waals surface area contributed by atoms with Crippen molar-refractivity contribution in [3.63, 3.8) is 0 Å². The number of anilines is 1. The molecule has 2 atom stereocenters. The van der Waals surface area contributed by atoms with Crippen LogP contribution in [0, 0.1) is 6.92 Å². The minimum Gasteiger partial charge on any atom is -0.372 e. The Kier molecular flexibility index (Phi) is 5.68. The second-order valence-corrected chi connectivity index (χ2v) is 7.55. The highest BCUT2D eigenvalue weighted by molar-refractivity contribution is 5.83. The molecule has 2 heterocycles. The molecule has 2 aromatic rings. The molecular weight excluding hydrogens is 326 g/mol. The van der Waals surface area contributed by atoms with Crippen LogP contribution in [0.5, 0.6) is 0 Å². The second kappa shape index (κ2) is 7.80. The first-order valence-electron chi connectivity index (χ1n) is 9.82. The summed E-state index contributed by atoms with van der Waals surface area (Å²) in [6.07, 6.45) is 0.478. The van der Waals surface area contributed by atoms with E-state index >= 15 is 0 Å². The lowest BCUT2D eigenvalue weighted by atomic mass is 10.1. The van der Waals surface area contributed by atoms with Gasteiger partial charge < -0.3 is 19.5 Å². The van der Waals surface area contributed by atoms with Gasteiger partial charge in [0.1, 0.15) is 31.8 Å². The molecule has 1 saturated heterocycles. The van der Waals surface area contributed by atoms with E-state index in [9.17, 15) is 4.79 Å². The summed E-state index contributed by atoms with van der Waals surface area (Å²) >= 11 is 0. The summed E-state index contributed by atoms with van der Waals surface area (Å²) < 4.78 is 5.84. The molecule has 0 aliphatic carbocycles. The van der Waals surface area contributed by atoms with Crippen molar-refractivity contribution in [2.45, 2.75) is 53.4 Å². The van der Waals surface area contributed by atoms with Crippen molar-refractivity contribution < 1.29 is 9.64 Å². The average molecular weight is 359 g/mol. The molecule has 0 spiro atoms. The quantitative estimate of drug-likeness (QED) is 0.858. The van der Waals surface area contributed by atoms with E-state index in [1.54, 1.807) is 0 Å². The van der Waals surface area contributed by atoms with Gasteiger partial charge in [-0.15, -0.1) is 0 Å². The zero-order valence-electron chi connectivity index (χ0n) is 16.7. The van der Waals surface area contributed by atoms with Gasteiger partial charge in [0.05, 0.1) is 5.56 Å². The predicted molar refractivity (Wildman–Crippen MR) is 107 cm³/mol. The van der Waals surface area contributed by atoms with E-state index in [2.05, 4.69) is 43.6 Å². The lowest BCUT2D eigenvalue weighted by molar-refractivity contribution is -0.928. The molecule has 142 valence electrons. The van der Waals surface area contributed by atoms with Gasteiger partial charge in [0.15, 0.2) is 5.43 Å². The normalized spacial score (nSPS) is 23.3. The van der Waals surface area contributed by atoms with Crippen LogP contribution in [-0.4, -0.2) is 43.4 Å². The number of fused-ring (bicyclic) bond motifs is 1. The van der Waals surface area contributed by atoms with Crippen LogP contribution in [0.3, 0.4) is 0 Å². The molecule has 1 aromatic carbocycles. The third kappa shape index (κ3) is 3.79. The SMILES string of the molecule is CCN(CC)c1ccc2[nH]c(C)c(C[NH+]3C[C@@H](C)O[C@H](C)C3)c(=O)c2c1. The van der Waals surface area contributed by atoms with Crippen LogP contribution in [0.15, 0.2) is 23.0 Å². The van der Waals surface area contributed by atoms with Crippen LogP contribution >= 0.6 is 0 Å². The van der Waals surface area contributed by atoms with E-state index in [0.717, 1.165) is 60.6 Å². The topological polar surface area (TPSA) is 49.8 Å². The summed E-state index contributed by atoms with van der Waals surface area (Å²) in [5.74, 6) is 0. The van der Waals surface area contributed by atoms with Crippen LogP contribution in [0.2, 0.25) is 0 Å². The highest BCUT2D eigenvalue weighted by Crippen LogP contribution is 2.20. The average Bonchev–Trinajstić information content (AvgIpc) is 2.59. The van der Waals surface area contributed by atoms with Gasteiger partial charge in [0, 0.05) is 35.4 Å². The number of hydrogen-bond acceptors (Lipinski definition) is 3. The predicted octanol–water partition coefficient (Wildman–Crippen LogP) is 1.87. The summed E-state index contributed by atoms with van der Waals surface area (Å²) in [6, 6.07) is 6.18. The Morgan fingerprint density at radius 3 is 2.46 bits per heavy atom. The van der Waals surface area contributed by atoms with Crippen molar-refractivity contribution in [1.82, 2.24) is 4.98 Å². The van der Waals surface area contributed by atoms with Gasteiger partial charge in [0.25, 0.3) is 0 Å². The zero-order valence-corrected chi connectivity index (χ0v) is 16.7. The van der Waals surface area contributed by atoms with Gasteiger partial charge in [-0.1, -0.05) is 0 Å². The Morgan fingerprint density at radius 2 is 1.85 bits per heavy atom. The molecule has 1 fully saturated rings. The van der Waals surface area contributed by atoms with Crippen LogP contribution in [0.1, 0.15) is 39.0 Å². The van der Waals surface area contributed by atoms with E-state index in [4.69, 9.17) is 4.74 Å². The number of rotatable bonds is 5. The Morgan fingerprint density at radius 1 is 1.19 bits per heavy atom. The fourth-order valence-corrected chi connectivity index (χ4v) is 4.22. The van der Waals surface area contributed by atoms with Crippen molar-refractivity contribution >= 4 is 16.6 Å². The van der Waals surface area contributed by atoms with Crippen LogP contribution < -0.4 is 15.2 Å². The van der Waals surface area contributed by atoms with Crippen LogP contribution in [0.25, 0.3) is 10.9 Å². The molecule has 0 saturated carbocycles. The van der Waals surface area contributed by atoms with E-state index in [-0.39, 0.29) is 17.6 Å². The minimum absolute atomic E-state index is 0.171. The number of hydrogen-bond donors (Lipinski definition) is 2. The monoisotopic (exact) mass is 358 g/mol. The molecule has 2 N–H and O–H groups in total. The Bertz CT molecular complexity index is 816. The van der Waals surface area contributed by atoms with Gasteiger partial charge in [-0.25, -0.2) is 0 Å². The number of pyridine rings is 1. The largest absolute Gasteiger partial charge is 0.372 e. The third-order valence-electron chi connectivity index (χ3n) is 5.47. The molecule has 0 bridgehead atoms. The van der Waals surface area contributed by atoms with Crippen molar-refractivity contribution in [2.75, 3.05) is 31.1 Å². The first-order chi connectivity index (χ1) is 12.4. The van der Waals surface area contributed by atoms with Crippen molar-refractivity contribution in [3.05, 3.63) is 39.7 Å². The molecule has 0 amide bonds. The summed E-state index contributed by atoms with van der Waals surface area (Å²) in [7, 11) is 0. The summed E-state index contributed by atoms with van der Waals surface area (Å²) in [4.78, 5) is 20.4. The Labute approximate surface area is 156 Å².